The van der Waals surface area contributed by atoms with Crippen LogP contribution in [0.4, 0.5) is 0 Å². The van der Waals surface area contributed by atoms with Gasteiger partial charge in [0.1, 0.15) is 16.9 Å². The molecule has 1 aliphatic carbocycles. The van der Waals surface area contributed by atoms with E-state index in [2.05, 4.69) is 143 Å². The molecule has 7 rings (SSSR count). The van der Waals surface area contributed by atoms with Crippen LogP contribution in [0, 0.1) is 0 Å². The molecule has 45 heavy (non-hydrogen) atoms. The predicted octanol–water partition coefficient (Wildman–Crippen LogP) is 7.92. The van der Waals surface area contributed by atoms with Crippen LogP contribution >= 0.6 is 0 Å². The van der Waals surface area contributed by atoms with Gasteiger partial charge >= 0.3 is 0 Å². The highest BCUT2D eigenvalue weighted by molar-refractivity contribution is 5.93. The first-order valence-corrected chi connectivity index (χ1v) is 16.9. The molecule has 230 valence electrons. The molecule has 0 radical (unpaired) electrons. The van der Waals surface area contributed by atoms with E-state index in [9.17, 15) is 0 Å². The Labute approximate surface area is 268 Å². The van der Waals surface area contributed by atoms with Gasteiger partial charge < -0.3 is 0 Å². The van der Waals surface area contributed by atoms with Gasteiger partial charge in [-0.1, -0.05) is 78.3 Å². The molecular weight excluding hydrogens is 550 g/mol. The maximum atomic E-state index is 5.13. The van der Waals surface area contributed by atoms with Gasteiger partial charge in [0.05, 0.1) is 16.5 Å². The molecule has 0 saturated heterocycles. The van der Waals surface area contributed by atoms with Crippen molar-refractivity contribution >= 4 is 10.9 Å². The Balaban J connectivity index is 1.39. The molecule has 0 amide bonds. The van der Waals surface area contributed by atoms with Gasteiger partial charge in [-0.3, -0.25) is 4.68 Å². The Morgan fingerprint density at radius 2 is 1.71 bits per heavy atom. The zero-order chi connectivity index (χ0) is 31.6. The lowest BCUT2D eigenvalue weighted by molar-refractivity contribution is -0.764. The van der Waals surface area contributed by atoms with Crippen molar-refractivity contribution in [2.75, 3.05) is 0 Å². The van der Waals surface area contributed by atoms with Gasteiger partial charge in [-0.15, -0.1) is 0 Å². The fraction of sp³-hybridized carbons (Fsp3) is 0.400. The van der Waals surface area contributed by atoms with Crippen molar-refractivity contribution < 1.29 is 9.13 Å². The number of benzene rings is 2. The maximum Gasteiger partial charge on any atom is 0.288 e. The van der Waals surface area contributed by atoms with Crippen LogP contribution in [0.25, 0.3) is 33.5 Å². The van der Waals surface area contributed by atoms with E-state index in [1.807, 2.05) is 4.68 Å². The van der Waals surface area contributed by atoms with E-state index < -0.39 is 0 Å². The van der Waals surface area contributed by atoms with Gasteiger partial charge in [-0.25, -0.2) is 4.57 Å². The van der Waals surface area contributed by atoms with E-state index in [0.717, 1.165) is 42.7 Å². The molecule has 1 aliphatic heterocycles. The van der Waals surface area contributed by atoms with Crippen LogP contribution < -0.4 is 9.13 Å². The zero-order valence-electron chi connectivity index (χ0n) is 28.1. The number of allylic oxidation sites excluding steroid dienone is 2. The van der Waals surface area contributed by atoms with Crippen molar-refractivity contribution in [1.29, 1.82) is 0 Å². The summed E-state index contributed by atoms with van der Waals surface area (Å²) in [6.45, 7) is 14.5. The Hall–Kier alpha value is -4.12. The highest BCUT2D eigenvalue weighted by Gasteiger charge is 2.67. The minimum atomic E-state index is -0.176. The molecule has 2 unspecified atom stereocenters. The van der Waals surface area contributed by atoms with Crippen LogP contribution in [-0.2, 0) is 36.4 Å². The van der Waals surface area contributed by atoms with Gasteiger partial charge in [0, 0.05) is 35.7 Å². The minimum absolute atomic E-state index is 0.00910. The first-order valence-electron chi connectivity index (χ1n) is 16.9. The number of nitrogens with zero attached hydrogens (tertiary/aromatic N) is 5. The monoisotopic (exact) mass is 597 g/mol. The molecule has 2 atom stereocenters. The molecule has 3 aromatic heterocycles. The Morgan fingerprint density at radius 3 is 2.44 bits per heavy atom. The van der Waals surface area contributed by atoms with Gasteiger partial charge in [-0.05, 0) is 72.1 Å². The third kappa shape index (κ3) is 4.26. The second-order valence-corrected chi connectivity index (χ2v) is 14.2. The van der Waals surface area contributed by atoms with Crippen molar-refractivity contribution in [3.8, 4) is 22.6 Å². The SMILES string of the molecule is CCCCc1ccc2c3[n+](cnc2c1)C1(CC)C=C(C[n+]2ccccc2-c2cc(C(C)(C)C)nn2C)C1(CC)c1ccccc1-3. The summed E-state index contributed by atoms with van der Waals surface area (Å²) in [5.41, 5.74) is 11.2. The number of aromatic nitrogens is 5. The van der Waals surface area contributed by atoms with E-state index >= 15 is 0 Å². The molecule has 4 heterocycles. The van der Waals surface area contributed by atoms with E-state index in [4.69, 9.17) is 10.1 Å². The Kier molecular flexibility index (Phi) is 7.07. The summed E-state index contributed by atoms with van der Waals surface area (Å²) in [5.74, 6) is 0. The van der Waals surface area contributed by atoms with E-state index in [1.165, 1.54) is 51.9 Å². The van der Waals surface area contributed by atoms with Gasteiger partial charge in [-0.2, -0.15) is 9.67 Å². The number of hydrogen-bond donors (Lipinski definition) is 0. The molecule has 2 aliphatic rings. The van der Waals surface area contributed by atoms with Crippen LogP contribution in [0.2, 0.25) is 0 Å². The number of fused-ring (bicyclic) bond motifs is 8. The number of rotatable bonds is 8. The predicted molar refractivity (Wildman–Crippen MR) is 182 cm³/mol. The molecule has 0 saturated carbocycles. The molecule has 5 nitrogen and oxygen atoms in total. The smallest absolute Gasteiger partial charge is 0.262 e. The van der Waals surface area contributed by atoms with Crippen LogP contribution in [0.15, 0.2) is 90.9 Å². The maximum absolute atomic E-state index is 5.13. The summed E-state index contributed by atoms with van der Waals surface area (Å²) in [4.78, 5) is 5.13. The lowest BCUT2D eigenvalue weighted by Gasteiger charge is -2.58. The normalized spacial score (nSPS) is 20.3. The number of pyridine rings is 1. The van der Waals surface area contributed by atoms with E-state index in [0.29, 0.717) is 0 Å². The molecule has 5 aromatic rings. The lowest BCUT2D eigenvalue weighted by atomic mass is 9.48. The highest BCUT2D eigenvalue weighted by atomic mass is 15.3. The first kappa shape index (κ1) is 29.6. The average molecular weight is 598 g/mol. The molecule has 2 aromatic carbocycles. The molecular formula is C40H47N5+2. The van der Waals surface area contributed by atoms with Crippen molar-refractivity contribution in [3.63, 3.8) is 0 Å². The Morgan fingerprint density at radius 1 is 0.911 bits per heavy atom. The average Bonchev–Trinajstić information content (AvgIpc) is 3.44. The molecule has 0 bridgehead atoms. The highest BCUT2D eigenvalue weighted by Crippen LogP contribution is 2.61. The van der Waals surface area contributed by atoms with Gasteiger partial charge in [0.2, 0.25) is 5.69 Å². The van der Waals surface area contributed by atoms with Gasteiger partial charge in [0.25, 0.3) is 6.33 Å². The number of aryl methyl sites for hydroxylation is 2. The van der Waals surface area contributed by atoms with E-state index in [1.54, 1.807) is 0 Å². The third-order valence-electron chi connectivity index (χ3n) is 10.7. The molecule has 0 fully saturated rings. The van der Waals surface area contributed by atoms with Crippen LogP contribution in [-0.4, -0.2) is 14.8 Å². The third-order valence-corrected chi connectivity index (χ3v) is 10.7. The second-order valence-electron chi connectivity index (χ2n) is 14.2. The summed E-state index contributed by atoms with van der Waals surface area (Å²) in [6, 6.07) is 24.9. The number of unbranched alkanes of at least 4 members (excludes halogenated alkanes) is 1. The van der Waals surface area contributed by atoms with Crippen molar-refractivity contribution in [2.24, 2.45) is 7.05 Å². The fourth-order valence-electron chi connectivity index (χ4n) is 8.37. The summed E-state index contributed by atoms with van der Waals surface area (Å²) in [5, 5.41) is 6.16. The quantitative estimate of drug-likeness (QED) is 0.135. The summed E-state index contributed by atoms with van der Waals surface area (Å²) in [6.07, 6.45) is 12.5. The van der Waals surface area contributed by atoms with E-state index in [-0.39, 0.29) is 16.4 Å². The lowest BCUT2D eigenvalue weighted by Crippen LogP contribution is -2.75. The second kappa shape index (κ2) is 10.8. The van der Waals surface area contributed by atoms with Crippen LogP contribution in [0.5, 0.6) is 0 Å². The summed E-state index contributed by atoms with van der Waals surface area (Å²) >= 11 is 0. The topological polar surface area (TPSA) is 38.5 Å². The van der Waals surface area contributed by atoms with Crippen LogP contribution in [0.1, 0.15) is 84.0 Å². The number of hydrogen-bond acceptors (Lipinski definition) is 2. The van der Waals surface area contributed by atoms with Crippen molar-refractivity contribution in [3.05, 3.63) is 108 Å². The standard InChI is InChI=1S/C40H47N5/c1-8-11-16-28-20-21-31-33(23-28)41-27-45-37(31)30-17-12-13-18-32(30)40(10-3)29(25-39(40,45)9-2)26-44-22-15-14-19-34(44)35-24-36(38(4,5)6)42-43(35)7/h12-15,17-25,27H,8-11,16,26H2,1-7H3/q+2. The molecule has 0 N–H and O–H groups in total. The largest absolute Gasteiger partial charge is 0.288 e. The minimum Gasteiger partial charge on any atom is -0.262 e. The van der Waals surface area contributed by atoms with Crippen molar-refractivity contribution in [2.45, 2.75) is 96.6 Å². The van der Waals surface area contributed by atoms with Crippen molar-refractivity contribution in [1.82, 2.24) is 14.8 Å². The van der Waals surface area contributed by atoms with Crippen LogP contribution in [0.3, 0.4) is 0 Å². The molecule has 0 spiro atoms. The Bertz CT molecular complexity index is 1960. The fourth-order valence-corrected chi connectivity index (χ4v) is 8.37. The zero-order valence-corrected chi connectivity index (χ0v) is 28.1. The first-order chi connectivity index (χ1) is 21.7. The summed E-state index contributed by atoms with van der Waals surface area (Å²) in [7, 11) is 2.06. The molecule has 5 heteroatoms. The van der Waals surface area contributed by atoms with Gasteiger partial charge in [0.15, 0.2) is 18.3 Å². The summed E-state index contributed by atoms with van der Waals surface area (Å²) < 4.78 is 7.00.